The maximum absolute atomic E-state index is 15.9. The molecule has 3 fully saturated rings. The van der Waals surface area contributed by atoms with Crippen molar-refractivity contribution in [1.82, 2.24) is 97.2 Å². The number of para-hydroxylation sites is 2. The van der Waals surface area contributed by atoms with Crippen LogP contribution in [0.25, 0.3) is 21.8 Å². The number of fused-ring (bicyclic) bond motifs is 4. The standard InChI is InChI=1S/C92H127N21O22S/c1-9-11-22-71-85(128)102-63(37-51(3)4)81(124)107-69(80(123)97-44-75(94)116)48-136-49-76(117)99-66(38-53-27-29-57(115)30-28-53)88(131)108(6)52(5)79(122)100-62(33-34-93)91(134)113-36-18-26-73(113)87(130)104-65(41-56-43-95-50-98-56)83(126)101-61(31-32-77(118)119)90(133)112-35-17-25-72(112)86(129)103-64(39-54-42-96-60-21-15-13-19-58(54)60)82(125)106-68(47-114)84(127)105-67(89(132)110(8)74(23-12-10-2)92(135)109(71)7)40-55-45-111(46-78(120)121)70-24-16-14-20-59(55)70/h13-16,19-21,24,27-30,42-43,45,50-52,61-69,71-74,96,114-115H,9-12,17-18,22-23,25-26,31-41,44,46-49,93H2,1-8H3,(H2,94,116)(H,95,98)(H,97,123)(H,99,117)(H,100,122)(H,101,126)(H,102,128)(H,103,129)(H,104,130)(H,105,127)(H,106,125)(H,107,124)(H,118,119)(H,120,121)/t52-,61-,62-,63-,64-,65-,66-,67-,68-,69-,71-,72-,73-,74-/m0/s1. The monoisotopic (exact) mass is 1910 g/mol. The number of imidazole rings is 1. The van der Waals surface area contributed by atoms with Gasteiger partial charge < -0.3 is 124 Å². The molecule has 44 heteroatoms. The van der Waals surface area contributed by atoms with Crippen LogP contribution in [0, 0.1) is 5.92 Å². The van der Waals surface area contributed by atoms with Gasteiger partial charge in [-0.05, 0) is 118 Å². The second-order valence-corrected chi connectivity index (χ2v) is 36.0. The highest BCUT2D eigenvalue weighted by molar-refractivity contribution is 8.00. The molecule has 3 aliphatic heterocycles. The van der Waals surface area contributed by atoms with Gasteiger partial charge in [0.25, 0.3) is 0 Å². The van der Waals surface area contributed by atoms with Crippen LogP contribution in [0.15, 0.2) is 97.7 Å². The second kappa shape index (κ2) is 50.7. The third-order valence-electron chi connectivity index (χ3n) is 24.5. The average Bonchev–Trinajstić information content (AvgIpc) is 1.64. The van der Waals surface area contributed by atoms with E-state index in [0.717, 1.165) is 31.4 Å². The van der Waals surface area contributed by atoms with Crippen molar-refractivity contribution < 1.29 is 107 Å². The number of carboxylic acids is 2. The highest BCUT2D eigenvalue weighted by Crippen LogP contribution is 2.29. The number of aromatic amines is 2. The number of carboxylic acid groups (broad SMARTS) is 2. The lowest BCUT2D eigenvalue weighted by Crippen LogP contribution is -2.62. The van der Waals surface area contributed by atoms with Gasteiger partial charge >= 0.3 is 11.9 Å². The summed E-state index contributed by atoms with van der Waals surface area (Å²) >= 11 is 0.798. The summed E-state index contributed by atoms with van der Waals surface area (Å²) in [7, 11) is 3.92. The quantitative estimate of drug-likeness (QED) is 0.0286. The Morgan fingerprint density at radius 1 is 0.551 bits per heavy atom. The lowest BCUT2D eigenvalue weighted by molar-refractivity contribution is -0.149. The topological polar surface area (TPSA) is 626 Å². The molecule has 43 nitrogen and oxygen atoms in total. The van der Waals surface area contributed by atoms with Crippen LogP contribution in [0.2, 0.25) is 0 Å². The minimum absolute atomic E-state index is 0.00720. The summed E-state index contributed by atoms with van der Waals surface area (Å²) in [5.74, 6) is -18.7. The molecule has 0 spiro atoms. The molecule has 20 N–H and O–H groups in total. The molecule has 3 aromatic heterocycles. The number of nitrogens with two attached hydrogens (primary N) is 2. The minimum Gasteiger partial charge on any atom is -0.508 e. The molecule has 738 valence electrons. The number of carbonyl (C=O) groups is 18. The van der Waals surface area contributed by atoms with Gasteiger partial charge in [0.15, 0.2) is 0 Å². The highest BCUT2D eigenvalue weighted by atomic mass is 32.2. The van der Waals surface area contributed by atoms with Crippen LogP contribution in [0.3, 0.4) is 0 Å². The maximum atomic E-state index is 15.9. The molecule has 3 aliphatic rings. The summed E-state index contributed by atoms with van der Waals surface area (Å²) < 4.78 is 1.41. The van der Waals surface area contributed by atoms with E-state index in [1.807, 2.05) is 13.8 Å². The van der Waals surface area contributed by atoms with Crippen molar-refractivity contribution in [3.05, 3.63) is 120 Å². The number of aliphatic carboxylic acids is 2. The number of thioether (sulfide) groups is 1. The SMILES string of the molecule is CCCC[C@H]1C(=O)N(C)[C@@H](CCCC)C(=O)N[C@@H](CC(C)C)C(=O)N[C@H](C(=O)NCC(N)=O)CSCC(=O)N[C@@H](Cc2ccc(O)cc2)C(=O)N(C)[C@@H](C)C(=O)N[C@@H](CCN)C(=O)N2CCC[C@H]2C(=O)N[C@@H](Cc2cnc[nH]2)C(=O)N[C@@H](CCC(=O)O)C(=O)N2CCC[C@H]2C(=O)N[C@@H](Cc2c[nH]c3ccccc23)C(=O)N[C@@H](CO)C(=O)N[C@@H](Cc2cn(CC(=O)O)c3ccccc23)C(=O)N1C. The fourth-order valence-corrected chi connectivity index (χ4v) is 17.9. The molecule has 16 amide bonds. The van der Waals surface area contributed by atoms with Gasteiger partial charge in [-0.1, -0.05) is 102 Å². The Labute approximate surface area is 790 Å². The predicted octanol–water partition coefficient (Wildman–Crippen LogP) is -1.27. The van der Waals surface area contributed by atoms with Crippen LogP contribution >= 0.6 is 11.8 Å². The Hall–Kier alpha value is -13.5. The van der Waals surface area contributed by atoms with Gasteiger partial charge in [-0.25, -0.2) is 4.98 Å². The molecular weight excluding hydrogens is 1780 g/mol. The minimum atomic E-state index is -1.95. The van der Waals surface area contributed by atoms with E-state index in [0.29, 0.717) is 64.2 Å². The molecule has 0 radical (unpaired) electrons. The van der Waals surface area contributed by atoms with Gasteiger partial charge in [0.1, 0.15) is 96.9 Å². The summed E-state index contributed by atoms with van der Waals surface area (Å²) in [4.78, 5) is 278. The van der Waals surface area contributed by atoms with E-state index in [1.165, 1.54) is 80.5 Å². The molecule has 6 heterocycles. The van der Waals surface area contributed by atoms with Crippen molar-refractivity contribution in [3.8, 4) is 5.75 Å². The number of amides is 16. The summed E-state index contributed by atoms with van der Waals surface area (Å²) in [6, 6.07) is -2.31. The molecule has 3 aromatic carbocycles. The van der Waals surface area contributed by atoms with Crippen molar-refractivity contribution in [2.24, 2.45) is 17.4 Å². The van der Waals surface area contributed by atoms with E-state index in [-0.39, 0.29) is 108 Å². The Bertz CT molecular complexity index is 5260. The fourth-order valence-electron chi connectivity index (χ4n) is 17.0. The Kier molecular flexibility index (Phi) is 39.6. The molecule has 0 bridgehead atoms. The number of aromatic nitrogens is 4. The number of benzene rings is 3. The first-order valence-electron chi connectivity index (χ1n) is 45.7. The van der Waals surface area contributed by atoms with E-state index in [1.54, 1.807) is 68.6 Å². The molecule has 136 heavy (non-hydrogen) atoms. The lowest BCUT2D eigenvalue weighted by atomic mass is 9.99. The van der Waals surface area contributed by atoms with Crippen LogP contribution in [0.5, 0.6) is 5.75 Å². The van der Waals surface area contributed by atoms with Gasteiger partial charge in [0.2, 0.25) is 94.5 Å². The normalized spacial score (nSPS) is 24.2. The van der Waals surface area contributed by atoms with E-state index < -0.39 is 242 Å². The molecule has 14 atom stereocenters. The number of nitrogens with zero attached hydrogens (tertiary/aromatic N) is 7. The van der Waals surface area contributed by atoms with E-state index in [9.17, 15) is 68.4 Å². The van der Waals surface area contributed by atoms with E-state index >= 15 is 38.4 Å². The first-order chi connectivity index (χ1) is 64.8. The number of aliphatic hydroxyl groups excluding tert-OH is 1. The maximum Gasteiger partial charge on any atom is 0.323 e. The number of likely N-dealkylation sites (N-methyl/N-ethyl adjacent to an activating group) is 3. The first-order valence-corrected chi connectivity index (χ1v) is 46.9. The largest absolute Gasteiger partial charge is 0.508 e. The fraction of sp³-hybridized carbons (Fsp3) is 0.533. The summed E-state index contributed by atoms with van der Waals surface area (Å²) in [6.07, 6.45) is 4.75. The van der Waals surface area contributed by atoms with E-state index in [2.05, 4.69) is 68.1 Å². The number of H-pyrrole nitrogens is 2. The number of unbranched alkanes of at least 4 members (excludes halogenated alkanes) is 2. The van der Waals surface area contributed by atoms with Crippen molar-refractivity contribution in [3.63, 3.8) is 0 Å². The molecule has 0 saturated carbocycles. The van der Waals surface area contributed by atoms with Gasteiger partial charge in [0, 0.05) is 118 Å². The predicted molar refractivity (Wildman–Crippen MR) is 497 cm³/mol. The smallest absolute Gasteiger partial charge is 0.323 e. The van der Waals surface area contributed by atoms with Gasteiger partial charge in [-0.15, -0.1) is 11.8 Å². The number of phenolic OH excluding ortho intramolecular Hbond substituents is 1. The number of hydrogen-bond acceptors (Lipinski definition) is 23. The van der Waals surface area contributed by atoms with Gasteiger partial charge in [0.05, 0.1) is 25.2 Å². The Balaban J connectivity index is 1.11. The molecule has 9 rings (SSSR count). The molecule has 3 saturated heterocycles. The van der Waals surface area contributed by atoms with Crippen molar-refractivity contribution in [2.75, 3.05) is 65.4 Å². The first kappa shape index (κ1) is 106. The van der Waals surface area contributed by atoms with Crippen LogP contribution in [0.4, 0.5) is 0 Å². The highest BCUT2D eigenvalue weighted by Gasteiger charge is 2.46. The summed E-state index contributed by atoms with van der Waals surface area (Å²) in [6.45, 7) is 5.73. The Morgan fingerprint density at radius 3 is 1.68 bits per heavy atom. The van der Waals surface area contributed by atoms with Crippen molar-refractivity contribution in [2.45, 2.75) is 241 Å². The van der Waals surface area contributed by atoms with Gasteiger partial charge in [-0.2, -0.15) is 0 Å². The van der Waals surface area contributed by atoms with Gasteiger partial charge in [-0.3, -0.25) is 86.3 Å². The number of phenols is 1. The third-order valence-corrected chi connectivity index (χ3v) is 25.5. The van der Waals surface area contributed by atoms with Crippen molar-refractivity contribution >= 4 is 140 Å². The number of aliphatic hydroxyl groups is 1. The zero-order chi connectivity index (χ0) is 99.3. The average molecular weight is 1910 g/mol. The zero-order valence-electron chi connectivity index (χ0n) is 77.6. The number of hydrogen-bond donors (Lipinski definition) is 18. The number of primary amides is 1. The van der Waals surface area contributed by atoms with Crippen LogP contribution < -0.4 is 64.6 Å². The van der Waals surface area contributed by atoms with Crippen LogP contribution in [-0.4, -0.2) is 321 Å². The van der Waals surface area contributed by atoms with E-state index in [4.69, 9.17) is 11.5 Å². The zero-order valence-corrected chi connectivity index (χ0v) is 78.4. The molecular formula is C92H127N21O22S. The Morgan fingerprint density at radius 2 is 1.09 bits per heavy atom. The second-order valence-electron chi connectivity index (χ2n) is 35.0. The molecule has 0 aliphatic carbocycles. The molecule has 6 aromatic rings. The summed E-state index contributed by atoms with van der Waals surface area (Å²) in [5, 5.41) is 69.3. The summed E-state index contributed by atoms with van der Waals surface area (Å²) in [5.41, 5.74) is 14.1. The van der Waals surface area contributed by atoms with Crippen LogP contribution in [-0.2, 0) is 119 Å². The number of aromatic hydroxyl groups is 1. The molecule has 0 unspecified atom stereocenters. The number of nitrogens with one attached hydrogen (secondary N) is 12. The number of rotatable bonds is 27. The number of carbonyl (C=O) groups excluding carboxylic acids is 16. The third kappa shape index (κ3) is 29.0. The van der Waals surface area contributed by atoms with Crippen molar-refractivity contribution in [1.29, 1.82) is 0 Å². The van der Waals surface area contributed by atoms with Crippen LogP contribution in [0.1, 0.15) is 147 Å². The lowest BCUT2D eigenvalue weighted by Gasteiger charge is -2.36.